The van der Waals surface area contributed by atoms with Gasteiger partial charge in [-0.05, 0) is 43.7 Å². The van der Waals surface area contributed by atoms with Gasteiger partial charge in [-0.15, -0.1) is 11.8 Å². The number of hydrogen-bond donors (Lipinski definition) is 1. The minimum absolute atomic E-state index is 0.367. The maximum Gasteiger partial charge on any atom is 0.0599 e. The molecule has 1 aromatic rings. The van der Waals surface area contributed by atoms with Gasteiger partial charge in [0, 0.05) is 37.2 Å². The van der Waals surface area contributed by atoms with Gasteiger partial charge >= 0.3 is 0 Å². The van der Waals surface area contributed by atoms with E-state index in [1.807, 2.05) is 0 Å². The van der Waals surface area contributed by atoms with Crippen LogP contribution in [0.15, 0.2) is 29.2 Å². The van der Waals surface area contributed by atoms with Gasteiger partial charge in [0.15, 0.2) is 0 Å². The van der Waals surface area contributed by atoms with E-state index < -0.39 is 0 Å². The molecule has 0 saturated carbocycles. The Labute approximate surface area is 126 Å². The number of rotatable bonds is 5. The van der Waals surface area contributed by atoms with Crippen LogP contribution in [0.5, 0.6) is 0 Å². The SMILES string of the molecule is COC1CCN(C(C)c2ccc(SC)cc2)C(CN)C1. The highest BCUT2D eigenvalue weighted by molar-refractivity contribution is 7.98. The van der Waals surface area contributed by atoms with E-state index >= 15 is 0 Å². The topological polar surface area (TPSA) is 38.5 Å². The Morgan fingerprint density at radius 1 is 1.40 bits per heavy atom. The Morgan fingerprint density at radius 2 is 2.10 bits per heavy atom. The molecule has 1 aliphatic rings. The van der Waals surface area contributed by atoms with Crippen molar-refractivity contribution in [2.75, 3.05) is 26.5 Å². The third-order valence-electron chi connectivity index (χ3n) is 4.41. The van der Waals surface area contributed by atoms with E-state index in [1.54, 1.807) is 18.9 Å². The second kappa shape index (κ2) is 7.46. The third-order valence-corrected chi connectivity index (χ3v) is 5.16. The fourth-order valence-corrected chi connectivity index (χ4v) is 3.47. The van der Waals surface area contributed by atoms with Crippen LogP contribution in [0.25, 0.3) is 0 Å². The van der Waals surface area contributed by atoms with E-state index in [1.165, 1.54) is 10.5 Å². The molecule has 112 valence electrons. The van der Waals surface area contributed by atoms with Crippen LogP contribution in [0.4, 0.5) is 0 Å². The minimum atomic E-state index is 0.367. The number of nitrogens with zero attached hydrogens (tertiary/aromatic N) is 1. The lowest BCUT2D eigenvalue weighted by Crippen LogP contribution is -2.49. The van der Waals surface area contributed by atoms with Crippen molar-refractivity contribution in [3.8, 4) is 0 Å². The van der Waals surface area contributed by atoms with Crippen molar-refractivity contribution in [1.29, 1.82) is 0 Å². The van der Waals surface area contributed by atoms with E-state index in [2.05, 4.69) is 42.3 Å². The third kappa shape index (κ3) is 3.55. The van der Waals surface area contributed by atoms with E-state index in [9.17, 15) is 0 Å². The lowest BCUT2D eigenvalue weighted by molar-refractivity contribution is -0.00164. The highest BCUT2D eigenvalue weighted by Gasteiger charge is 2.30. The molecule has 2 N–H and O–H groups in total. The normalized spacial score (nSPS) is 25.6. The lowest BCUT2D eigenvalue weighted by Gasteiger charge is -2.42. The van der Waals surface area contributed by atoms with Crippen LogP contribution >= 0.6 is 11.8 Å². The predicted molar refractivity (Wildman–Crippen MR) is 86.2 cm³/mol. The Balaban J connectivity index is 2.08. The van der Waals surface area contributed by atoms with Crippen molar-refractivity contribution < 1.29 is 4.74 Å². The van der Waals surface area contributed by atoms with Gasteiger partial charge in [0.05, 0.1) is 6.10 Å². The Morgan fingerprint density at radius 3 is 2.65 bits per heavy atom. The molecule has 1 aliphatic heterocycles. The number of ether oxygens (including phenoxy) is 1. The highest BCUT2D eigenvalue weighted by atomic mass is 32.2. The molecule has 0 amide bonds. The number of piperidine rings is 1. The molecule has 1 saturated heterocycles. The summed E-state index contributed by atoms with van der Waals surface area (Å²) in [7, 11) is 1.80. The van der Waals surface area contributed by atoms with Crippen molar-refractivity contribution in [3.05, 3.63) is 29.8 Å². The summed E-state index contributed by atoms with van der Waals surface area (Å²) in [6.45, 7) is 4.04. The molecule has 1 aromatic carbocycles. The lowest BCUT2D eigenvalue weighted by atomic mass is 9.95. The van der Waals surface area contributed by atoms with E-state index in [4.69, 9.17) is 10.5 Å². The molecule has 2 rings (SSSR count). The number of benzene rings is 1. The zero-order valence-electron chi connectivity index (χ0n) is 12.7. The maximum atomic E-state index is 5.97. The molecule has 4 heteroatoms. The molecule has 3 nitrogen and oxygen atoms in total. The average molecular weight is 294 g/mol. The zero-order valence-corrected chi connectivity index (χ0v) is 13.5. The van der Waals surface area contributed by atoms with Crippen LogP contribution in [0.1, 0.15) is 31.4 Å². The summed E-state index contributed by atoms with van der Waals surface area (Å²) in [5.41, 5.74) is 7.34. The predicted octanol–water partition coefficient (Wildman–Crippen LogP) is 2.91. The van der Waals surface area contributed by atoms with Crippen LogP contribution in [0.3, 0.4) is 0 Å². The van der Waals surface area contributed by atoms with Gasteiger partial charge in [-0.3, -0.25) is 4.90 Å². The summed E-state index contributed by atoms with van der Waals surface area (Å²) >= 11 is 1.78. The van der Waals surface area contributed by atoms with Crippen molar-refractivity contribution in [2.24, 2.45) is 5.73 Å². The molecule has 3 atom stereocenters. The van der Waals surface area contributed by atoms with Gasteiger partial charge in [0.2, 0.25) is 0 Å². The first kappa shape index (κ1) is 15.8. The molecular weight excluding hydrogens is 268 g/mol. The number of thioether (sulfide) groups is 1. The smallest absolute Gasteiger partial charge is 0.0599 e. The minimum Gasteiger partial charge on any atom is -0.381 e. The molecular formula is C16H26N2OS. The Kier molecular flexibility index (Phi) is 5.90. The van der Waals surface area contributed by atoms with Gasteiger partial charge in [-0.1, -0.05) is 12.1 Å². The van der Waals surface area contributed by atoms with Crippen molar-refractivity contribution in [1.82, 2.24) is 4.90 Å². The molecule has 0 spiro atoms. The Bertz CT molecular complexity index is 409. The second-order valence-corrected chi connectivity index (χ2v) is 6.34. The van der Waals surface area contributed by atoms with Crippen LogP contribution in [0, 0.1) is 0 Å². The van der Waals surface area contributed by atoms with Gasteiger partial charge in [-0.25, -0.2) is 0 Å². The molecule has 0 bridgehead atoms. The first-order valence-corrected chi connectivity index (χ1v) is 8.54. The first-order valence-electron chi connectivity index (χ1n) is 7.32. The molecule has 0 radical (unpaired) electrons. The molecule has 20 heavy (non-hydrogen) atoms. The largest absolute Gasteiger partial charge is 0.381 e. The monoisotopic (exact) mass is 294 g/mol. The van der Waals surface area contributed by atoms with Gasteiger partial charge in [0.25, 0.3) is 0 Å². The maximum absolute atomic E-state index is 5.97. The summed E-state index contributed by atoms with van der Waals surface area (Å²) in [4.78, 5) is 3.85. The van der Waals surface area contributed by atoms with Crippen LogP contribution in [-0.2, 0) is 4.74 Å². The summed E-state index contributed by atoms with van der Waals surface area (Å²) in [5.74, 6) is 0. The van der Waals surface area contributed by atoms with E-state index in [0.29, 0.717) is 24.7 Å². The van der Waals surface area contributed by atoms with Crippen LogP contribution in [0.2, 0.25) is 0 Å². The van der Waals surface area contributed by atoms with Gasteiger partial charge in [0.1, 0.15) is 0 Å². The van der Waals surface area contributed by atoms with Crippen molar-refractivity contribution in [2.45, 2.75) is 42.8 Å². The van der Waals surface area contributed by atoms with E-state index in [0.717, 1.165) is 19.4 Å². The average Bonchev–Trinajstić information content (AvgIpc) is 2.53. The van der Waals surface area contributed by atoms with Gasteiger partial charge in [-0.2, -0.15) is 0 Å². The Hall–Kier alpha value is -0.550. The van der Waals surface area contributed by atoms with Crippen LogP contribution in [-0.4, -0.2) is 43.5 Å². The summed E-state index contributed by atoms with van der Waals surface area (Å²) in [5, 5.41) is 0. The molecule has 0 aliphatic carbocycles. The number of hydrogen-bond acceptors (Lipinski definition) is 4. The van der Waals surface area contributed by atoms with Crippen molar-refractivity contribution >= 4 is 11.8 Å². The summed E-state index contributed by atoms with van der Waals surface area (Å²) in [6, 6.07) is 9.73. The standard InChI is InChI=1S/C16H26N2OS/c1-12(13-4-6-16(20-3)7-5-13)18-9-8-15(19-2)10-14(18)11-17/h4-7,12,14-15H,8-11,17H2,1-3H3. The summed E-state index contributed by atoms with van der Waals surface area (Å²) in [6.07, 6.45) is 4.62. The summed E-state index contributed by atoms with van der Waals surface area (Å²) < 4.78 is 5.50. The fraction of sp³-hybridized carbons (Fsp3) is 0.625. The van der Waals surface area contributed by atoms with E-state index in [-0.39, 0.29) is 0 Å². The number of nitrogens with two attached hydrogens (primary N) is 1. The molecule has 3 unspecified atom stereocenters. The zero-order chi connectivity index (χ0) is 14.5. The van der Waals surface area contributed by atoms with Crippen LogP contribution < -0.4 is 5.73 Å². The van der Waals surface area contributed by atoms with Gasteiger partial charge < -0.3 is 10.5 Å². The quantitative estimate of drug-likeness (QED) is 0.848. The molecule has 1 heterocycles. The molecule has 1 fully saturated rings. The highest BCUT2D eigenvalue weighted by Crippen LogP contribution is 2.29. The number of likely N-dealkylation sites (tertiary alicyclic amines) is 1. The van der Waals surface area contributed by atoms with Crippen molar-refractivity contribution in [3.63, 3.8) is 0 Å². The fourth-order valence-electron chi connectivity index (χ4n) is 3.06. The molecule has 0 aromatic heterocycles. The second-order valence-electron chi connectivity index (χ2n) is 5.46. The first-order chi connectivity index (χ1) is 9.69. The number of methoxy groups -OCH3 is 1.